The van der Waals surface area contributed by atoms with E-state index in [2.05, 4.69) is 9.84 Å². The number of alkyl halides is 2. The Bertz CT molecular complexity index is 1160. The van der Waals surface area contributed by atoms with Gasteiger partial charge in [-0.3, -0.25) is 19.4 Å². The normalized spacial score (nSPS) is 19.6. The summed E-state index contributed by atoms with van der Waals surface area (Å²) in [5, 5.41) is 8.05. The maximum atomic E-state index is 13.7. The number of benzene rings is 1. The number of morpholine rings is 1. The van der Waals surface area contributed by atoms with E-state index < -0.39 is 12.5 Å². The van der Waals surface area contributed by atoms with Crippen molar-refractivity contribution >= 4 is 17.7 Å². The summed E-state index contributed by atoms with van der Waals surface area (Å²) in [7, 11) is 0. The Kier molecular flexibility index (Phi) is 6.58. The molecule has 0 bridgehead atoms. The number of amides is 3. The zero-order valence-electron chi connectivity index (χ0n) is 19.4. The number of hydrogen-bond donors (Lipinski definition) is 1. The van der Waals surface area contributed by atoms with Crippen LogP contribution in [-0.2, 0) is 16.0 Å². The van der Waals surface area contributed by atoms with E-state index in [9.17, 15) is 23.2 Å². The van der Waals surface area contributed by atoms with Crippen molar-refractivity contribution < 1.29 is 32.6 Å². The largest absolute Gasteiger partial charge is 0.435 e. The summed E-state index contributed by atoms with van der Waals surface area (Å²) >= 11 is 0. The van der Waals surface area contributed by atoms with Crippen LogP contribution in [0.2, 0.25) is 0 Å². The van der Waals surface area contributed by atoms with Gasteiger partial charge in [-0.1, -0.05) is 0 Å². The summed E-state index contributed by atoms with van der Waals surface area (Å²) in [6.07, 6.45) is 1.78. The fraction of sp³-hybridized carbons (Fsp3) is 0.478. The summed E-state index contributed by atoms with van der Waals surface area (Å²) in [5.41, 5.74) is 6.69. The van der Waals surface area contributed by atoms with E-state index in [1.165, 1.54) is 28.9 Å². The molecule has 3 amide bonds. The molecule has 0 spiro atoms. The number of carbonyl (C=O) groups excluding carboxylic acids is 3. The van der Waals surface area contributed by atoms with Crippen LogP contribution in [0, 0.1) is 0 Å². The average Bonchev–Trinajstić information content (AvgIpc) is 3.26. The highest BCUT2D eigenvalue weighted by Crippen LogP contribution is 2.30. The van der Waals surface area contributed by atoms with Crippen LogP contribution < -0.4 is 10.5 Å². The summed E-state index contributed by atoms with van der Waals surface area (Å²) in [6, 6.07) is 5.61. The number of rotatable bonds is 6. The molecule has 3 aliphatic heterocycles. The zero-order chi connectivity index (χ0) is 25.4. The molecule has 5 rings (SSSR count). The SMILES string of the molecule is NC(=O)c1nn(-c2ccc(OC(F)F)cc2)c2c1CCN(C1CCN(N3CCOCC3=O)CC1)C2=O. The number of aromatic nitrogens is 2. The van der Waals surface area contributed by atoms with Gasteiger partial charge in [0.05, 0.1) is 18.8 Å². The van der Waals surface area contributed by atoms with Gasteiger partial charge in [-0.15, -0.1) is 0 Å². The van der Waals surface area contributed by atoms with Crippen LogP contribution in [0.4, 0.5) is 8.78 Å². The Morgan fingerprint density at radius 2 is 1.83 bits per heavy atom. The molecule has 2 fully saturated rings. The molecule has 0 unspecified atom stereocenters. The van der Waals surface area contributed by atoms with Crippen LogP contribution in [0.25, 0.3) is 5.69 Å². The number of hydrogen-bond acceptors (Lipinski definition) is 7. The second kappa shape index (κ2) is 9.82. The van der Waals surface area contributed by atoms with Crippen LogP contribution in [0.3, 0.4) is 0 Å². The van der Waals surface area contributed by atoms with E-state index >= 15 is 0 Å². The van der Waals surface area contributed by atoms with Gasteiger partial charge in [-0.05, 0) is 43.5 Å². The number of halogens is 2. The van der Waals surface area contributed by atoms with Crippen LogP contribution in [0.5, 0.6) is 5.75 Å². The average molecular weight is 504 g/mol. The highest BCUT2D eigenvalue weighted by atomic mass is 19.3. The van der Waals surface area contributed by atoms with Gasteiger partial charge in [-0.2, -0.15) is 13.9 Å². The standard InChI is InChI=1S/C23H26F2N6O5/c24-23(25)36-16-3-1-15(2-4-16)31-20-17(19(27-31)21(26)33)7-10-29(22(20)34)14-5-8-28(9-6-14)30-11-12-35-13-18(30)32/h1-4,14,23H,5-13H2,(H2,26,33). The molecule has 1 aromatic heterocycles. The van der Waals surface area contributed by atoms with Crippen molar-refractivity contribution in [1.82, 2.24) is 24.7 Å². The van der Waals surface area contributed by atoms with Crippen molar-refractivity contribution in [2.24, 2.45) is 5.73 Å². The Morgan fingerprint density at radius 1 is 1.11 bits per heavy atom. The summed E-state index contributed by atoms with van der Waals surface area (Å²) < 4.78 is 36.0. The number of nitrogens with zero attached hydrogens (tertiary/aromatic N) is 5. The molecule has 2 N–H and O–H groups in total. The fourth-order valence-electron chi connectivity index (χ4n) is 5.09. The van der Waals surface area contributed by atoms with Gasteiger partial charge in [0.1, 0.15) is 18.1 Å². The lowest BCUT2D eigenvalue weighted by Gasteiger charge is -2.44. The van der Waals surface area contributed by atoms with Crippen LogP contribution >= 0.6 is 0 Å². The quantitative estimate of drug-likeness (QED) is 0.618. The predicted molar refractivity (Wildman–Crippen MR) is 121 cm³/mol. The predicted octanol–water partition coefficient (Wildman–Crippen LogP) is 0.809. The molecule has 3 aliphatic rings. The molecule has 0 aliphatic carbocycles. The minimum atomic E-state index is -2.96. The lowest BCUT2D eigenvalue weighted by Crippen LogP contribution is -2.57. The Morgan fingerprint density at radius 3 is 2.47 bits per heavy atom. The maximum Gasteiger partial charge on any atom is 0.387 e. The molecule has 13 heteroatoms. The van der Waals surface area contributed by atoms with Crippen LogP contribution in [-0.4, -0.2) is 94.5 Å². The van der Waals surface area contributed by atoms with E-state index in [-0.39, 0.29) is 41.6 Å². The van der Waals surface area contributed by atoms with Gasteiger partial charge in [0, 0.05) is 31.2 Å². The lowest BCUT2D eigenvalue weighted by atomic mass is 9.97. The van der Waals surface area contributed by atoms with Crippen molar-refractivity contribution in [3.05, 3.63) is 41.2 Å². The topological polar surface area (TPSA) is 123 Å². The molecular weight excluding hydrogens is 478 g/mol. The number of hydrazine groups is 1. The van der Waals surface area contributed by atoms with E-state index in [0.717, 1.165) is 0 Å². The zero-order valence-corrected chi connectivity index (χ0v) is 19.4. The van der Waals surface area contributed by atoms with Crippen LogP contribution in [0.15, 0.2) is 24.3 Å². The van der Waals surface area contributed by atoms with Gasteiger partial charge in [0.25, 0.3) is 17.7 Å². The summed E-state index contributed by atoms with van der Waals surface area (Å²) in [4.78, 5) is 39.7. The third kappa shape index (κ3) is 4.51. The number of ether oxygens (including phenoxy) is 2. The number of piperidine rings is 1. The highest BCUT2D eigenvalue weighted by molar-refractivity contribution is 6.01. The molecule has 2 aromatic rings. The number of fused-ring (bicyclic) bond motifs is 1. The molecule has 36 heavy (non-hydrogen) atoms. The molecule has 0 radical (unpaired) electrons. The fourth-order valence-corrected chi connectivity index (χ4v) is 5.09. The van der Waals surface area contributed by atoms with Crippen molar-refractivity contribution in [3.63, 3.8) is 0 Å². The Labute approximate surface area is 205 Å². The van der Waals surface area contributed by atoms with Gasteiger partial charge in [-0.25, -0.2) is 9.69 Å². The van der Waals surface area contributed by atoms with E-state index in [0.29, 0.717) is 63.3 Å². The highest BCUT2D eigenvalue weighted by Gasteiger charge is 2.39. The maximum absolute atomic E-state index is 13.7. The molecular formula is C23H26F2N6O5. The minimum Gasteiger partial charge on any atom is -0.435 e. The lowest BCUT2D eigenvalue weighted by molar-refractivity contribution is -0.168. The molecule has 0 saturated carbocycles. The van der Waals surface area contributed by atoms with Crippen molar-refractivity contribution in [1.29, 1.82) is 0 Å². The second-order valence-corrected chi connectivity index (χ2v) is 8.83. The Balaban J connectivity index is 1.37. The number of primary amides is 1. The second-order valence-electron chi connectivity index (χ2n) is 8.83. The van der Waals surface area contributed by atoms with E-state index in [4.69, 9.17) is 10.5 Å². The molecule has 2 saturated heterocycles. The third-order valence-electron chi connectivity index (χ3n) is 6.77. The first-order valence-corrected chi connectivity index (χ1v) is 11.7. The first kappa shape index (κ1) is 24.1. The van der Waals surface area contributed by atoms with Gasteiger partial charge in [0.2, 0.25) is 0 Å². The molecule has 1 aromatic carbocycles. The number of nitrogens with two attached hydrogens (primary N) is 1. The third-order valence-corrected chi connectivity index (χ3v) is 6.77. The summed E-state index contributed by atoms with van der Waals surface area (Å²) in [5.74, 6) is -1.12. The minimum absolute atomic E-state index is 0.0200. The Hall–Kier alpha value is -3.58. The van der Waals surface area contributed by atoms with Gasteiger partial charge in [0.15, 0.2) is 5.69 Å². The van der Waals surface area contributed by atoms with Crippen molar-refractivity contribution in [3.8, 4) is 11.4 Å². The first-order chi connectivity index (χ1) is 17.3. The van der Waals surface area contributed by atoms with Crippen molar-refractivity contribution in [2.75, 3.05) is 39.4 Å². The van der Waals surface area contributed by atoms with Crippen LogP contribution in [0.1, 0.15) is 39.4 Å². The molecule has 11 nitrogen and oxygen atoms in total. The smallest absolute Gasteiger partial charge is 0.387 e. The monoisotopic (exact) mass is 504 g/mol. The molecule has 0 atom stereocenters. The van der Waals surface area contributed by atoms with E-state index in [1.807, 2.05) is 5.01 Å². The van der Waals surface area contributed by atoms with E-state index in [1.54, 1.807) is 9.91 Å². The van der Waals surface area contributed by atoms with Gasteiger partial charge < -0.3 is 20.1 Å². The molecule has 192 valence electrons. The van der Waals surface area contributed by atoms with Gasteiger partial charge >= 0.3 is 6.61 Å². The first-order valence-electron chi connectivity index (χ1n) is 11.7. The van der Waals surface area contributed by atoms with Crippen molar-refractivity contribution in [2.45, 2.75) is 31.9 Å². The summed E-state index contributed by atoms with van der Waals surface area (Å²) in [6.45, 7) is -0.187. The number of carbonyl (C=O) groups is 3. The molecule has 4 heterocycles.